The molecule has 0 bridgehead atoms. The lowest BCUT2D eigenvalue weighted by Crippen LogP contribution is -2.27. The molecule has 0 atom stereocenters. The Bertz CT molecular complexity index is 349. The Morgan fingerprint density at radius 1 is 1.25 bits per heavy atom. The summed E-state index contributed by atoms with van der Waals surface area (Å²) in [7, 11) is 0. The van der Waals surface area contributed by atoms with Crippen molar-refractivity contribution in [1.29, 1.82) is 0 Å². The molecular weight excluding hydrogens is 202 g/mol. The largest absolute Gasteiger partial charge is 0.465 e. The molecule has 1 aliphatic rings. The second-order valence-electron chi connectivity index (χ2n) is 4.40. The minimum Gasteiger partial charge on any atom is -0.465 e. The van der Waals surface area contributed by atoms with Crippen LogP contribution in [0, 0.1) is 5.92 Å². The molecular formula is C13H17NO2. The summed E-state index contributed by atoms with van der Waals surface area (Å²) in [6.07, 6.45) is 3.39. The Morgan fingerprint density at radius 2 is 1.81 bits per heavy atom. The molecule has 0 saturated heterocycles. The van der Waals surface area contributed by atoms with Crippen LogP contribution < -0.4 is 5.32 Å². The molecule has 1 aromatic carbocycles. The lowest BCUT2D eigenvalue weighted by Gasteiger charge is -2.12. The number of hydrogen-bond donors (Lipinski definition) is 2. The van der Waals surface area contributed by atoms with E-state index < -0.39 is 6.09 Å². The maximum atomic E-state index is 10.4. The molecule has 1 aliphatic carbocycles. The highest BCUT2D eigenvalue weighted by Gasteiger charge is 2.16. The van der Waals surface area contributed by atoms with Crippen molar-refractivity contribution in [2.75, 3.05) is 6.54 Å². The van der Waals surface area contributed by atoms with Crippen molar-refractivity contribution in [3.05, 3.63) is 35.4 Å². The van der Waals surface area contributed by atoms with Gasteiger partial charge in [0.05, 0.1) is 0 Å². The highest BCUT2D eigenvalue weighted by Crippen LogP contribution is 2.23. The second-order valence-corrected chi connectivity index (χ2v) is 4.40. The molecule has 0 saturated carbocycles. The summed E-state index contributed by atoms with van der Waals surface area (Å²) >= 11 is 0. The van der Waals surface area contributed by atoms with Crippen LogP contribution in [0.5, 0.6) is 0 Å². The quantitative estimate of drug-likeness (QED) is 0.751. The number of nitrogens with one attached hydrogen (secondary N) is 1. The van der Waals surface area contributed by atoms with Gasteiger partial charge in [-0.25, -0.2) is 4.79 Å². The van der Waals surface area contributed by atoms with Crippen LogP contribution >= 0.6 is 0 Å². The fourth-order valence-electron chi connectivity index (χ4n) is 2.34. The van der Waals surface area contributed by atoms with Gasteiger partial charge in [-0.15, -0.1) is 0 Å². The molecule has 0 spiro atoms. The molecule has 3 nitrogen and oxygen atoms in total. The second kappa shape index (κ2) is 5.01. The summed E-state index contributed by atoms with van der Waals surface area (Å²) in [4.78, 5) is 10.4. The topological polar surface area (TPSA) is 49.3 Å². The maximum Gasteiger partial charge on any atom is 0.404 e. The number of rotatable bonds is 2. The predicted octanol–water partition coefficient (Wildman–Crippen LogP) is 2.45. The van der Waals surface area contributed by atoms with Gasteiger partial charge in [-0.3, -0.25) is 0 Å². The van der Waals surface area contributed by atoms with E-state index in [1.165, 1.54) is 11.1 Å². The average molecular weight is 219 g/mol. The molecule has 2 rings (SSSR count). The number of aryl methyl sites for hydroxylation is 2. The number of fused-ring (bicyclic) bond motifs is 1. The van der Waals surface area contributed by atoms with Crippen LogP contribution in [0.1, 0.15) is 24.0 Å². The van der Waals surface area contributed by atoms with E-state index in [1.54, 1.807) is 0 Å². The molecule has 0 aromatic heterocycles. The Hall–Kier alpha value is -1.51. The van der Waals surface area contributed by atoms with Crippen LogP contribution in [0.15, 0.2) is 24.3 Å². The van der Waals surface area contributed by atoms with E-state index in [-0.39, 0.29) is 0 Å². The lowest BCUT2D eigenvalue weighted by molar-refractivity contribution is 0.191. The first-order valence-corrected chi connectivity index (χ1v) is 5.79. The van der Waals surface area contributed by atoms with Gasteiger partial charge in [0, 0.05) is 6.54 Å². The highest BCUT2D eigenvalue weighted by atomic mass is 16.4. The number of hydrogen-bond acceptors (Lipinski definition) is 1. The smallest absolute Gasteiger partial charge is 0.404 e. The van der Waals surface area contributed by atoms with Gasteiger partial charge >= 0.3 is 6.09 Å². The standard InChI is InChI=1S/C13H17NO2/c15-13(16)14-9-10-5-7-11-3-1-2-4-12(11)8-6-10/h1-4,10,14H,5-9H2,(H,15,16). The highest BCUT2D eigenvalue weighted by molar-refractivity contribution is 5.64. The van der Waals surface area contributed by atoms with Crippen LogP contribution in [-0.2, 0) is 12.8 Å². The van der Waals surface area contributed by atoms with Crippen LogP contribution in [0.2, 0.25) is 0 Å². The van der Waals surface area contributed by atoms with Crippen molar-refractivity contribution in [2.45, 2.75) is 25.7 Å². The van der Waals surface area contributed by atoms with Crippen LogP contribution in [-0.4, -0.2) is 17.7 Å². The first kappa shape index (κ1) is 11.0. The van der Waals surface area contributed by atoms with E-state index in [0.717, 1.165) is 25.7 Å². The van der Waals surface area contributed by atoms with Gasteiger partial charge in [-0.05, 0) is 42.7 Å². The Labute approximate surface area is 95.5 Å². The van der Waals surface area contributed by atoms with Gasteiger partial charge in [-0.1, -0.05) is 24.3 Å². The summed E-state index contributed by atoms with van der Waals surface area (Å²) in [6.45, 7) is 0.587. The minimum atomic E-state index is -0.915. The van der Waals surface area contributed by atoms with Crippen molar-refractivity contribution in [2.24, 2.45) is 5.92 Å². The Kier molecular flexibility index (Phi) is 3.44. The van der Waals surface area contributed by atoms with E-state index >= 15 is 0 Å². The third kappa shape index (κ3) is 2.75. The fourth-order valence-corrected chi connectivity index (χ4v) is 2.34. The molecule has 1 aromatic rings. The molecule has 3 heteroatoms. The van der Waals surface area contributed by atoms with Gasteiger partial charge in [-0.2, -0.15) is 0 Å². The van der Waals surface area contributed by atoms with Crippen molar-refractivity contribution in [3.8, 4) is 0 Å². The Balaban J connectivity index is 1.94. The normalized spacial score (nSPS) is 16.2. The van der Waals surface area contributed by atoms with E-state index in [0.29, 0.717) is 12.5 Å². The molecule has 0 fully saturated rings. The average Bonchev–Trinajstić information content (AvgIpc) is 2.49. The maximum absolute atomic E-state index is 10.4. The van der Waals surface area contributed by atoms with Gasteiger partial charge < -0.3 is 10.4 Å². The van der Waals surface area contributed by atoms with Crippen LogP contribution in [0.3, 0.4) is 0 Å². The zero-order valence-electron chi connectivity index (χ0n) is 9.28. The molecule has 16 heavy (non-hydrogen) atoms. The molecule has 2 N–H and O–H groups in total. The number of carboxylic acid groups (broad SMARTS) is 1. The zero-order chi connectivity index (χ0) is 11.4. The fraction of sp³-hybridized carbons (Fsp3) is 0.462. The number of carbonyl (C=O) groups is 1. The Morgan fingerprint density at radius 3 is 2.31 bits per heavy atom. The van der Waals surface area contributed by atoms with E-state index in [2.05, 4.69) is 29.6 Å². The molecule has 0 aliphatic heterocycles. The van der Waals surface area contributed by atoms with Crippen molar-refractivity contribution in [1.82, 2.24) is 5.32 Å². The zero-order valence-corrected chi connectivity index (χ0v) is 9.28. The van der Waals surface area contributed by atoms with Crippen molar-refractivity contribution >= 4 is 6.09 Å². The molecule has 0 unspecified atom stereocenters. The summed E-state index contributed by atoms with van der Waals surface area (Å²) in [5, 5.41) is 11.1. The van der Waals surface area contributed by atoms with Crippen molar-refractivity contribution in [3.63, 3.8) is 0 Å². The minimum absolute atomic E-state index is 0.475. The third-order valence-electron chi connectivity index (χ3n) is 3.30. The predicted molar refractivity (Wildman–Crippen MR) is 62.6 cm³/mol. The van der Waals surface area contributed by atoms with E-state index in [4.69, 9.17) is 5.11 Å². The molecule has 86 valence electrons. The molecule has 1 amide bonds. The summed E-state index contributed by atoms with van der Waals surface area (Å²) in [5.41, 5.74) is 2.86. The van der Waals surface area contributed by atoms with Gasteiger partial charge in [0.2, 0.25) is 0 Å². The van der Waals surface area contributed by atoms with Gasteiger partial charge in [0.15, 0.2) is 0 Å². The first-order valence-electron chi connectivity index (χ1n) is 5.79. The summed E-state index contributed by atoms with van der Waals surface area (Å²) < 4.78 is 0. The van der Waals surface area contributed by atoms with Crippen LogP contribution in [0.25, 0.3) is 0 Å². The van der Waals surface area contributed by atoms with Gasteiger partial charge in [0.1, 0.15) is 0 Å². The SMILES string of the molecule is O=C(O)NCC1CCc2ccccc2CC1. The first-order chi connectivity index (χ1) is 7.75. The van der Waals surface area contributed by atoms with Crippen LogP contribution in [0.4, 0.5) is 4.79 Å². The third-order valence-corrected chi connectivity index (χ3v) is 3.30. The summed E-state index contributed by atoms with van der Waals surface area (Å²) in [6, 6.07) is 8.52. The number of amides is 1. The summed E-state index contributed by atoms with van der Waals surface area (Å²) in [5.74, 6) is 0.475. The van der Waals surface area contributed by atoms with E-state index in [9.17, 15) is 4.79 Å². The molecule has 0 heterocycles. The lowest BCUT2D eigenvalue weighted by atomic mass is 10.00. The van der Waals surface area contributed by atoms with E-state index in [1.807, 2.05) is 0 Å². The monoisotopic (exact) mass is 219 g/mol. The van der Waals surface area contributed by atoms with Gasteiger partial charge in [0.25, 0.3) is 0 Å². The number of benzene rings is 1. The van der Waals surface area contributed by atoms with Crippen molar-refractivity contribution < 1.29 is 9.90 Å². The molecule has 0 radical (unpaired) electrons.